The maximum atomic E-state index is 5.90. The van der Waals surface area contributed by atoms with Crippen LogP contribution in [0.25, 0.3) is 0 Å². The average Bonchev–Trinajstić information content (AvgIpc) is 2.83. The lowest BCUT2D eigenvalue weighted by Gasteiger charge is -2.33. The van der Waals surface area contributed by atoms with Gasteiger partial charge in [0.15, 0.2) is 5.82 Å². The van der Waals surface area contributed by atoms with E-state index in [0.29, 0.717) is 25.4 Å². The zero-order valence-electron chi connectivity index (χ0n) is 12.8. The van der Waals surface area contributed by atoms with E-state index < -0.39 is 0 Å². The Morgan fingerprint density at radius 2 is 2.05 bits per heavy atom. The number of nitrogens with one attached hydrogen (secondary N) is 1. The van der Waals surface area contributed by atoms with Gasteiger partial charge in [-0.05, 0) is 26.7 Å². The summed E-state index contributed by atoms with van der Waals surface area (Å²) in [5.74, 6) is 2.59. The molecule has 2 bridgehead atoms. The zero-order valence-corrected chi connectivity index (χ0v) is 12.8. The maximum Gasteiger partial charge on any atom is 0.158 e. The van der Waals surface area contributed by atoms with Crippen LogP contribution in [0.2, 0.25) is 0 Å². The Morgan fingerprint density at radius 1 is 1.29 bits per heavy atom. The van der Waals surface area contributed by atoms with Crippen LogP contribution in [0.3, 0.4) is 0 Å². The lowest BCUT2D eigenvalue weighted by Crippen LogP contribution is -2.43. The van der Waals surface area contributed by atoms with Gasteiger partial charge in [-0.2, -0.15) is 0 Å². The van der Waals surface area contributed by atoms with E-state index in [2.05, 4.69) is 27.1 Å². The van der Waals surface area contributed by atoms with E-state index in [1.165, 1.54) is 0 Å². The van der Waals surface area contributed by atoms with Crippen molar-refractivity contribution in [3.8, 4) is 0 Å². The standard InChI is InChI=1S/C15H24N4O2/c1-3-16-13-7-15(18-14(17-13)10-20-4-2)19-8-11-5-6-12(9-19)21-11/h7,11-12H,3-6,8-10H2,1-2H3,(H,16,17,18). The van der Waals surface area contributed by atoms with Gasteiger partial charge in [0.25, 0.3) is 0 Å². The fourth-order valence-electron chi connectivity index (χ4n) is 2.98. The number of anilines is 2. The normalized spacial score (nSPS) is 24.4. The lowest BCUT2D eigenvalue weighted by atomic mass is 10.2. The number of ether oxygens (including phenoxy) is 2. The number of aromatic nitrogens is 2. The van der Waals surface area contributed by atoms with Crippen LogP contribution in [0, 0.1) is 0 Å². The molecule has 1 aromatic rings. The first-order chi connectivity index (χ1) is 10.3. The summed E-state index contributed by atoms with van der Waals surface area (Å²) in [5.41, 5.74) is 0. The van der Waals surface area contributed by atoms with Crippen molar-refractivity contribution in [1.29, 1.82) is 0 Å². The maximum absolute atomic E-state index is 5.90. The average molecular weight is 292 g/mol. The molecular formula is C15H24N4O2. The first kappa shape index (κ1) is 14.5. The van der Waals surface area contributed by atoms with Crippen LogP contribution < -0.4 is 10.2 Å². The Morgan fingerprint density at radius 3 is 2.71 bits per heavy atom. The first-order valence-electron chi connectivity index (χ1n) is 7.88. The van der Waals surface area contributed by atoms with Crippen LogP contribution >= 0.6 is 0 Å². The van der Waals surface area contributed by atoms with Gasteiger partial charge in [-0.25, -0.2) is 9.97 Å². The quantitative estimate of drug-likeness (QED) is 0.863. The number of nitrogens with zero attached hydrogens (tertiary/aromatic N) is 3. The van der Waals surface area contributed by atoms with Gasteiger partial charge in [-0.15, -0.1) is 0 Å². The largest absolute Gasteiger partial charge is 0.374 e. The molecule has 1 aromatic heterocycles. The van der Waals surface area contributed by atoms with Crippen LogP contribution in [0.4, 0.5) is 11.6 Å². The molecule has 0 amide bonds. The molecule has 0 saturated carbocycles. The molecule has 6 heteroatoms. The van der Waals surface area contributed by atoms with Gasteiger partial charge in [0.05, 0.1) is 12.2 Å². The molecule has 21 heavy (non-hydrogen) atoms. The topological polar surface area (TPSA) is 59.5 Å². The van der Waals surface area contributed by atoms with Crippen molar-refractivity contribution in [2.24, 2.45) is 0 Å². The SMILES string of the molecule is CCNc1cc(N2CC3CCC(C2)O3)nc(COCC)n1. The van der Waals surface area contributed by atoms with Crippen molar-refractivity contribution < 1.29 is 9.47 Å². The van der Waals surface area contributed by atoms with Gasteiger partial charge in [-0.1, -0.05) is 0 Å². The minimum atomic E-state index is 0.358. The number of morpholine rings is 1. The summed E-state index contributed by atoms with van der Waals surface area (Å²) in [6, 6.07) is 2.03. The van der Waals surface area contributed by atoms with Gasteiger partial charge in [-0.3, -0.25) is 0 Å². The molecular weight excluding hydrogens is 268 g/mol. The fourth-order valence-corrected chi connectivity index (χ4v) is 2.98. The molecule has 6 nitrogen and oxygen atoms in total. The number of rotatable bonds is 6. The minimum absolute atomic E-state index is 0.358. The monoisotopic (exact) mass is 292 g/mol. The van der Waals surface area contributed by atoms with Gasteiger partial charge < -0.3 is 19.7 Å². The predicted molar refractivity (Wildman–Crippen MR) is 81.6 cm³/mol. The highest BCUT2D eigenvalue weighted by molar-refractivity contribution is 5.50. The van der Waals surface area contributed by atoms with E-state index >= 15 is 0 Å². The summed E-state index contributed by atoms with van der Waals surface area (Å²) in [4.78, 5) is 11.5. The number of fused-ring (bicyclic) bond motifs is 2. The second-order valence-corrected chi connectivity index (χ2v) is 5.56. The number of hydrogen-bond acceptors (Lipinski definition) is 6. The van der Waals surface area contributed by atoms with Gasteiger partial charge in [0.2, 0.25) is 0 Å². The molecule has 2 aliphatic rings. The Labute approximate surface area is 125 Å². The minimum Gasteiger partial charge on any atom is -0.374 e. The van der Waals surface area contributed by atoms with Crippen LogP contribution in [0.1, 0.15) is 32.5 Å². The molecule has 116 valence electrons. The first-order valence-corrected chi connectivity index (χ1v) is 7.88. The summed E-state index contributed by atoms with van der Waals surface area (Å²) >= 11 is 0. The Bertz CT molecular complexity index is 471. The van der Waals surface area contributed by atoms with Crippen LogP contribution in [-0.2, 0) is 16.1 Å². The molecule has 0 aromatic carbocycles. The summed E-state index contributed by atoms with van der Waals surface area (Å²) in [7, 11) is 0. The van der Waals surface area contributed by atoms with Crippen molar-refractivity contribution in [2.75, 3.05) is 36.5 Å². The van der Waals surface area contributed by atoms with Crippen molar-refractivity contribution in [3.63, 3.8) is 0 Å². The van der Waals surface area contributed by atoms with Crippen molar-refractivity contribution >= 4 is 11.6 Å². The van der Waals surface area contributed by atoms with E-state index in [0.717, 1.165) is 49.9 Å². The smallest absolute Gasteiger partial charge is 0.158 e. The molecule has 3 rings (SSSR count). The molecule has 0 spiro atoms. The third kappa shape index (κ3) is 3.44. The summed E-state index contributed by atoms with van der Waals surface area (Å²) < 4.78 is 11.4. The highest BCUT2D eigenvalue weighted by atomic mass is 16.5. The molecule has 2 fully saturated rings. The summed E-state index contributed by atoms with van der Waals surface area (Å²) in [6.45, 7) is 7.87. The third-order valence-electron chi connectivity index (χ3n) is 3.92. The predicted octanol–water partition coefficient (Wildman–Crippen LogP) is 1.81. The molecule has 2 saturated heterocycles. The van der Waals surface area contributed by atoms with Crippen LogP contribution in [0.15, 0.2) is 6.07 Å². The molecule has 2 aliphatic heterocycles. The van der Waals surface area contributed by atoms with Crippen molar-refractivity contribution in [3.05, 3.63) is 11.9 Å². The Balaban J connectivity index is 1.80. The summed E-state index contributed by atoms with van der Waals surface area (Å²) in [6.07, 6.45) is 3.05. The van der Waals surface area contributed by atoms with Gasteiger partial charge in [0, 0.05) is 32.3 Å². The highest BCUT2D eigenvalue weighted by Gasteiger charge is 2.34. The Kier molecular flexibility index (Phi) is 4.55. The third-order valence-corrected chi connectivity index (χ3v) is 3.92. The van der Waals surface area contributed by atoms with Crippen molar-refractivity contribution in [2.45, 2.75) is 45.5 Å². The van der Waals surface area contributed by atoms with Crippen LogP contribution in [-0.4, -0.2) is 48.4 Å². The molecule has 1 N–H and O–H groups in total. The van der Waals surface area contributed by atoms with Crippen LogP contribution in [0.5, 0.6) is 0 Å². The molecule has 3 heterocycles. The zero-order chi connectivity index (χ0) is 14.7. The van der Waals surface area contributed by atoms with E-state index in [1.54, 1.807) is 0 Å². The molecule has 0 radical (unpaired) electrons. The second kappa shape index (κ2) is 6.58. The number of hydrogen-bond donors (Lipinski definition) is 1. The Hall–Kier alpha value is -1.40. The van der Waals surface area contributed by atoms with E-state index in [1.807, 2.05) is 13.0 Å². The highest BCUT2D eigenvalue weighted by Crippen LogP contribution is 2.29. The molecule has 2 atom stereocenters. The lowest BCUT2D eigenvalue weighted by molar-refractivity contribution is 0.0301. The fraction of sp³-hybridized carbons (Fsp3) is 0.733. The van der Waals surface area contributed by atoms with E-state index in [9.17, 15) is 0 Å². The van der Waals surface area contributed by atoms with Gasteiger partial charge >= 0.3 is 0 Å². The van der Waals surface area contributed by atoms with Crippen molar-refractivity contribution in [1.82, 2.24) is 9.97 Å². The second-order valence-electron chi connectivity index (χ2n) is 5.56. The molecule has 2 unspecified atom stereocenters. The summed E-state index contributed by atoms with van der Waals surface area (Å²) in [5, 5.41) is 3.28. The van der Waals surface area contributed by atoms with E-state index in [4.69, 9.17) is 9.47 Å². The van der Waals surface area contributed by atoms with E-state index in [-0.39, 0.29) is 0 Å². The molecule has 0 aliphatic carbocycles. The van der Waals surface area contributed by atoms with Gasteiger partial charge in [0.1, 0.15) is 18.2 Å².